The second-order valence-electron chi connectivity index (χ2n) is 12.5. The summed E-state index contributed by atoms with van der Waals surface area (Å²) in [6, 6.07) is 10.1. The van der Waals surface area contributed by atoms with Crippen LogP contribution in [-0.4, -0.2) is 95.6 Å². The highest BCUT2D eigenvalue weighted by molar-refractivity contribution is 7.52. The minimum atomic E-state index is -4.53. The summed E-state index contributed by atoms with van der Waals surface area (Å²) in [6.45, 7) is 10.4. The maximum Gasteiger partial charge on any atom is 0.459 e. The largest absolute Gasteiger partial charge is 0.462 e. The molecule has 272 valence electrons. The summed E-state index contributed by atoms with van der Waals surface area (Å²) < 4.78 is 61.7. The molecule has 51 heavy (non-hydrogen) atoms. The third-order valence-electron chi connectivity index (χ3n) is 8.30. The van der Waals surface area contributed by atoms with Crippen LogP contribution in [0.25, 0.3) is 10.4 Å². The van der Waals surface area contributed by atoms with Crippen LogP contribution >= 0.6 is 7.75 Å². The Bertz CT molecular complexity index is 1840. The van der Waals surface area contributed by atoms with Crippen molar-refractivity contribution in [1.29, 1.82) is 0 Å². The highest BCUT2D eigenvalue weighted by Crippen LogP contribution is 2.50. The lowest BCUT2D eigenvalue weighted by Crippen LogP contribution is -2.51. The van der Waals surface area contributed by atoms with Crippen molar-refractivity contribution in [3.8, 4) is 12.3 Å². The van der Waals surface area contributed by atoms with Crippen LogP contribution in [0.2, 0.25) is 0 Å². The van der Waals surface area contributed by atoms with Gasteiger partial charge in [0.05, 0.1) is 38.2 Å². The minimum Gasteiger partial charge on any atom is -0.462 e. The molecule has 0 saturated carbocycles. The molecule has 0 amide bonds. The van der Waals surface area contributed by atoms with E-state index < -0.39 is 80.3 Å². The summed E-state index contributed by atoms with van der Waals surface area (Å²) in [7, 11) is -4.53. The van der Waals surface area contributed by atoms with E-state index in [2.05, 4.69) is 20.0 Å². The Hall–Kier alpha value is -4.63. The van der Waals surface area contributed by atoms with Crippen molar-refractivity contribution in [3.63, 3.8) is 0 Å². The van der Waals surface area contributed by atoms with Crippen molar-refractivity contribution in [2.75, 3.05) is 38.8 Å². The van der Waals surface area contributed by atoms with Crippen molar-refractivity contribution in [3.05, 3.63) is 59.3 Å². The molecule has 0 bridgehead atoms. The third kappa shape index (κ3) is 7.69. The average Bonchev–Trinajstić information content (AvgIpc) is 3.59. The van der Waals surface area contributed by atoms with E-state index in [4.69, 9.17) is 49.8 Å². The number of anilines is 1. The zero-order valence-corrected chi connectivity index (χ0v) is 28.9. The average molecular weight is 730 g/mol. The predicted octanol–water partition coefficient (Wildman–Crippen LogP) is 2.29. The quantitative estimate of drug-likeness (QED) is 0.138. The Balaban J connectivity index is 1.38. The maximum absolute atomic E-state index is 14.4. The van der Waals surface area contributed by atoms with Crippen molar-refractivity contribution in [2.24, 2.45) is 11.8 Å². The predicted molar refractivity (Wildman–Crippen MR) is 175 cm³/mol. The van der Waals surface area contributed by atoms with Gasteiger partial charge in [0.15, 0.2) is 18.5 Å². The fraction of sp³-hybridized carbons (Fsp3) is 0.500. The number of nitrogens with two attached hydrogens (primary N) is 1. The van der Waals surface area contributed by atoms with Crippen LogP contribution in [0.4, 0.5) is 5.82 Å². The molecule has 0 radical (unpaired) electrons. The van der Waals surface area contributed by atoms with Gasteiger partial charge in [-0.15, -0.1) is 0 Å². The molecule has 1 aromatic carbocycles. The van der Waals surface area contributed by atoms with E-state index in [1.165, 1.54) is 29.9 Å². The number of fused-ring (bicyclic) bond motifs is 1. The number of esters is 3. The van der Waals surface area contributed by atoms with E-state index >= 15 is 0 Å². The van der Waals surface area contributed by atoms with Crippen molar-refractivity contribution in [2.45, 2.75) is 57.0 Å². The Labute approximate surface area is 292 Å². The first kappa shape index (κ1) is 36.2. The number of nitrogens with one attached hydrogen (secondary N) is 1. The summed E-state index contributed by atoms with van der Waals surface area (Å²) in [5.41, 5.74) is 4.60. The molecule has 0 aliphatic carbocycles. The fourth-order valence-corrected chi connectivity index (χ4v) is 6.95. The Morgan fingerprint density at radius 2 is 1.73 bits per heavy atom. The lowest BCUT2D eigenvalue weighted by atomic mass is 10.0. The fourth-order valence-electron chi connectivity index (χ4n) is 5.43. The third-order valence-corrected chi connectivity index (χ3v) is 9.92. The highest BCUT2D eigenvalue weighted by Gasteiger charge is 2.70. The molecule has 3 aromatic rings. The molecule has 3 aliphatic rings. The number of nitrogens with zero attached hydrogens (tertiary/aromatic N) is 4. The zero-order chi connectivity index (χ0) is 36.3. The monoisotopic (exact) mass is 729 g/mol. The molecule has 3 saturated heterocycles. The number of rotatable bonds is 14. The number of hydrogen-bond donors (Lipinski definition) is 2. The van der Waals surface area contributed by atoms with Crippen LogP contribution in [0.5, 0.6) is 5.75 Å². The normalized spacial score (nSPS) is 25.2. The van der Waals surface area contributed by atoms with Crippen molar-refractivity contribution < 1.29 is 56.4 Å². The molecule has 3 N–H and O–H groups in total. The number of para-hydroxylation sites is 1. The van der Waals surface area contributed by atoms with Gasteiger partial charge in [-0.3, -0.25) is 23.6 Å². The van der Waals surface area contributed by atoms with E-state index in [1.54, 1.807) is 44.2 Å². The van der Waals surface area contributed by atoms with Gasteiger partial charge in [0, 0.05) is 0 Å². The van der Waals surface area contributed by atoms with Gasteiger partial charge < -0.3 is 33.9 Å². The van der Waals surface area contributed by atoms with Gasteiger partial charge in [0.1, 0.15) is 41.6 Å². The maximum atomic E-state index is 14.4. The molecular weight excluding hydrogens is 691 g/mol. The molecule has 5 heterocycles. The first-order valence-electron chi connectivity index (χ1n) is 16.1. The van der Waals surface area contributed by atoms with Gasteiger partial charge in [-0.05, 0) is 49.9 Å². The summed E-state index contributed by atoms with van der Waals surface area (Å²) in [5.74, 6) is -3.06. The molecule has 0 unspecified atom stereocenters. The molecular formula is C32H38N6O12P+. The first-order valence-corrected chi connectivity index (χ1v) is 17.7. The summed E-state index contributed by atoms with van der Waals surface area (Å²) in [5, 5.41) is 6.87. The van der Waals surface area contributed by atoms with Gasteiger partial charge in [-0.1, -0.05) is 18.2 Å². The second-order valence-corrected chi connectivity index (χ2v) is 14.1. The number of benzene rings is 1. The van der Waals surface area contributed by atoms with Gasteiger partial charge in [-0.2, -0.15) is 10.2 Å². The van der Waals surface area contributed by atoms with Crippen molar-refractivity contribution >= 4 is 37.0 Å². The number of hydrogen-bond acceptors (Lipinski definition) is 15. The Morgan fingerprint density at radius 1 is 1.06 bits per heavy atom. The number of aromatic nitrogens is 3. The summed E-state index contributed by atoms with van der Waals surface area (Å²) >= 11 is 0. The minimum absolute atomic E-state index is 0.0942. The molecule has 6 rings (SSSR count). The molecule has 3 fully saturated rings. The summed E-state index contributed by atoms with van der Waals surface area (Å²) in [4.78, 5) is 47.5. The smallest absolute Gasteiger partial charge is 0.459 e. The van der Waals surface area contributed by atoms with Crippen LogP contribution in [0.15, 0.2) is 48.8 Å². The van der Waals surface area contributed by atoms with E-state index in [0.29, 0.717) is 11.2 Å². The number of nitrogen functional groups attached to an aromatic ring is 1. The van der Waals surface area contributed by atoms with E-state index in [-0.39, 0.29) is 38.0 Å². The van der Waals surface area contributed by atoms with Gasteiger partial charge in [0.25, 0.3) is 12.7 Å². The Kier molecular flexibility index (Phi) is 10.6. The van der Waals surface area contributed by atoms with Crippen LogP contribution in [0.3, 0.4) is 0 Å². The van der Waals surface area contributed by atoms with Crippen molar-refractivity contribution in [1.82, 2.24) is 19.7 Å². The van der Waals surface area contributed by atoms with Gasteiger partial charge in [-0.25, -0.2) is 14.1 Å². The Morgan fingerprint density at radius 3 is 2.33 bits per heavy atom. The SMILES string of the molecule is C#[N+][C@]1(CO[P@@](=O)(N[C@@H](C)C(=O)OC(C)C)Oc2ccccc2)O[C@@H](c2ccc3c(N)ncnn23)[C@H](OC(=O)C2COC2)[C@@H]1OC(=O)C1COC1. The molecule has 2 aromatic heterocycles. The number of carbonyl (C=O) groups excluding carboxylic acids is 3. The molecule has 3 aliphatic heterocycles. The van der Waals surface area contributed by atoms with Gasteiger partial charge >= 0.3 is 31.4 Å². The van der Waals surface area contributed by atoms with Crippen LogP contribution in [0, 0.1) is 18.4 Å². The van der Waals surface area contributed by atoms with Crippen LogP contribution in [0.1, 0.15) is 32.6 Å². The molecule has 19 heteroatoms. The molecule has 6 atom stereocenters. The lowest BCUT2D eigenvalue weighted by molar-refractivity contribution is -0.189. The van der Waals surface area contributed by atoms with Gasteiger partial charge in [0.2, 0.25) is 0 Å². The van der Waals surface area contributed by atoms with E-state index in [0.717, 1.165) is 0 Å². The number of carbonyl (C=O) groups is 3. The second kappa shape index (κ2) is 14.9. The standard InChI is InChI=1S/C32H38N6O12P/c1-18(2)46-29(39)19(3)37-51(42,50-22-8-6-5-7-9-22)45-16-32(34-4)27(48-31(41)21-14-44-15-21)26(47-30(40)20-12-43-13-20)25(49-32)23-10-11-24-28(33)35-17-36-38(23)24/h4-11,17-21,25-27H,12-16H2,1-3H3,(H,37,42)(H2,33,35,36)/q+1/t19-,25-,26-,27-,32+,51-/m0/s1. The molecule has 18 nitrogen and oxygen atoms in total. The zero-order valence-electron chi connectivity index (χ0n) is 28.0. The lowest BCUT2D eigenvalue weighted by Gasteiger charge is -2.30. The van der Waals surface area contributed by atoms with E-state index in [9.17, 15) is 18.9 Å². The highest BCUT2D eigenvalue weighted by atomic mass is 31.2. The summed E-state index contributed by atoms with van der Waals surface area (Å²) in [6.07, 6.45) is -3.49. The van der Waals surface area contributed by atoms with Crippen LogP contribution in [-0.2, 0) is 51.9 Å². The first-order chi connectivity index (χ1) is 24.4. The van der Waals surface area contributed by atoms with Crippen LogP contribution < -0.4 is 15.3 Å². The topological polar surface area (TPSA) is 215 Å². The molecule has 0 spiro atoms. The number of ether oxygens (including phenoxy) is 6. The van der Waals surface area contributed by atoms with E-state index in [1.807, 2.05) is 0 Å².